The zero-order valence-electron chi connectivity index (χ0n) is 18.3. The molecule has 1 heteroatoms. The van der Waals surface area contributed by atoms with Crippen LogP contribution in [-0.4, -0.2) is 0 Å². The summed E-state index contributed by atoms with van der Waals surface area (Å²) in [6.45, 7) is 0. The molecule has 0 aromatic heterocycles. The van der Waals surface area contributed by atoms with Crippen LogP contribution in [0.15, 0.2) is 115 Å². The third-order valence-corrected chi connectivity index (χ3v) is 8.13. The summed E-state index contributed by atoms with van der Waals surface area (Å²) < 4.78 is 0. The van der Waals surface area contributed by atoms with E-state index < -0.39 is 0 Å². The Hall–Kier alpha value is -3.87. The molecular weight excluding hydrogens is 432 g/mol. The smallest absolute Gasteiger partial charge is 0.0726 e. The molecule has 8 rings (SSSR count). The molecule has 0 heterocycles. The van der Waals surface area contributed by atoms with E-state index in [0.717, 1.165) is 5.02 Å². The summed E-state index contributed by atoms with van der Waals surface area (Å²) in [7, 11) is 0. The molecule has 0 amide bonds. The zero-order valence-corrected chi connectivity index (χ0v) is 19.1. The van der Waals surface area contributed by atoms with Crippen LogP contribution < -0.4 is 0 Å². The van der Waals surface area contributed by atoms with Crippen molar-refractivity contribution in [2.24, 2.45) is 0 Å². The minimum absolute atomic E-state index is 0.379. The first-order valence-corrected chi connectivity index (χ1v) is 12.1. The fraction of sp³-hybridized carbons (Fsp3) is 0.0303. The van der Waals surface area contributed by atoms with Crippen LogP contribution in [-0.2, 0) is 5.41 Å². The highest BCUT2D eigenvalue weighted by molar-refractivity contribution is 6.31. The van der Waals surface area contributed by atoms with Crippen molar-refractivity contribution in [2.75, 3.05) is 0 Å². The van der Waals surface area contributed by atoms with Gasteiger partial charge in [0.2, 0.25) is 0 Å². The van der Waals surface area contributed by atoms with Crippen molar-refractivity contribution in [3.05, 3.63) is 143 Å². The molecule has 1 atom stereocenters. The Morgan fingerprint density at radius 3 is 2.00 bits per heavy atom. The Labute approximate surface area is 203 Å². The van der Waals surface area contributed by atoms with Gasteiger partial charge in [0.05, 0.1) is 5.41 Å². The number of hydrogen-bond donors (Lipinski definition) is 0. The van der Waals surface area contributed by atoms with Gasteiger partial charge in [-0.05, 0) is 90.3 Å². The van der Waals surface area contributed by atoms with Crippen molar-refractivity contribution in [1.29, 1.82) is 0 Å². The van der Waals surface area contributed by atoms with Crippen LogP contribution in [0.5, 0.6) is 0 Å². The van der Waals surface area contributed by atoms with E-state index in [-0.39, 0.29) is 5.41 Å². The van der Waals surface area contributed by atoms with E-state index in [1.807, 2.05) is 6.07 Å². The Bertz CT molecular complexity index is 1830. The molecule has 0 aliphatic heterocycles. The largest absolute Gasteiger partial charge is 0.0843 e. The average molecular weight is 451 g/mol. The van der Waals surface area contributed by atoms with E-state index in [9.17, 15) is 0 Å². The topological polar surface area (TPSA) is 0 Å². The van der Waals surface area contributed by atoms with Gasteiger partial charge in [-0.2, -0.15) is 0 Å². The molecule has 1 unspecified atom stereocenters. The first kappa shape index (κ1) is 18.5. The van der Waals surface area contributed by atoms with E-state index in [1.54, 1.807) is 0 Å². The first-order valence-electron chi connectivity index (χ1n) is 11.7. The second-order valence-corrected chi connectivity index (χ2v) is 9.88. The van der Waals surface area contributed by atoms with Gasteiger partial charge in [-0.25, -0.2) is 0 Å². The number of halogens is 1. The van der Waals surface area contributed by atoms with Crippen molar-refractivity contribution in [3.8, 4) is 22.3 Å². The van der Waals surface area contributed by atoms with Gasteiger partial charge in [0.15, 0.2) is 0 Å². The van der Waals surface area contributed by atoms with Gasteiger partial charge in [0, 0.05) is 5.02 Å². The molecule has 0 N–H and O–H groups in total. The summed E-state index contributed by atoms with van der Waals surface area (Å²) in [5, 5.41) is 5.90. The number of fused-ring (bicyclic) bond motifs is 13. The Morgan fingerprint density at radius 2 is 1.12 bits per heavy atom. The van der Waals surface area contributed by atoms with Gasteiger partial charge in [0.1, 0.15) is 0 Å². The Morgan fingerprint density at radius 1 is 0.441 bits per heavy atom. The summed E-state index contributed by atoms with van der Waals surface area (Å²) in [5.74, 6) is 0. The molecule has 0 saturated heterocycles. The van der Waals surface area contributed by atoms with Gasteiger partial charge in [0.25, 0.3) is 0 Å². The second kappa shape index (κ2) is 6.38. The maximum absolute atomic E-state index is 6.67. The van der Waals surface area contributed by atoms with Crippen molar-refractivity contribution in [2.45, 2.75) is 5.41 Å². The molecule has 0 fully saturated rings. The monoisotopic (exact) mass is 450 g/mol. The summed E-state index contributed by atoms with van der Waals surface area (Å²) in [5.41, 5.74) is 10.2. The van der Waals surface area contributed by atoms with E-state index in [4.69, 9.17) is 11.6 Å². The summed E-state index contributed by atoms with van der Waals surface area (Å²) in [4.78, 5) is 0. The van der Waals surface area contributed by atoms with E-state index >= 15 is 0 Å². The first-order chi connectivity index (χ1) is 16.8. The molecule has 34 heavy (non-hydrogen) atoms. The SMILES string of the molecule is Clc1ccc2c(c1)C1(c3ccccc3-2)c2cc3ccccc3cc2-c2c1ccc1ccccc21. The summed E-state index contributed by atoms with van der Waals surface area (Å²) >= 11 is 6.67. The van der Waals surface area contributed by atoms with Crippen LogP contribution >= 0.6 is 11.6 Å². The summed E-state index contributed by atoms with van der Waals surface area (Å²) in [6, 6.07) is 42.2. The van der Waals surface area contributed by atoms with Crippen LogP contribution in [0, 0.1) is 0 Å². The second-order valence-electron chi connectivity index (χ2n) is 9.44. The lowest BCUT2D eigenvalue weighted by atomic mass is 9.70. The minimum Gasteiger partial charge on any atom is -0.0843 e. The molecule has 6 aromatic carbocycles. The number of rotatable bonds is 0. The van der Waals surface area contributed by atoms with Crippen LogP contribution in [0.1, 0.15) is 22.3 Å². The highest BCUT2D eigenvalue weighted by Crippen LogP contribution is 2.64. The molecule has 0 radical (unpaired) electrons. The fourth-order valence-corrected chi connectivity index (χ4v) is 6.78. The number of hydrogen-bond acceptors (Lipinski definition) is 0. The third-order valence-electron chi connectivity index (χ3n) is 7.90. The highest BCUT2D eigenvalue weighted by Gasteiger charge is 2.52. The molecular formula is C33H19Cl. The highest BCUT2D eigenvalue weighted by atomic mass is 35.5. The van der Waals surface area contributed by atoms with Gasteiger partial charge in [-0.3, -0.25) is 0 Å². The lowest BCUT2D eigenvalue weighted by Gasteiger charge is -2.30. The van der Waals surface area contributed by atoms with Crippen molar-refractivity contribution >= 4 is 33.1 Å². The lowest BCUT2D eigenvalue weighted by molar-refractivity contribution is 0.795. The molecule has 1 spiro atoms. The summed E-state index contributed by atoms with van der Waals surface area (Å²) in [6.07, 6.45) is 0. The quantitative estimate of drug-likeness (QED) is 0.216. The van der Waals surface area contributed by atoms with Crippen molar-refractivity contribution in [1.82, 2.24) is 0 Å². The van der Waals surface area contributed by atoms with Crippen LogP contribution in [0.3, 0.4) is 0 Å². The van der Waals surface area contributed by atoms with Gasteiger partial charge < -0.3 is 0 Å². The molecule has 0 nitrogen and oxygen atoms in total. The minimum atomic E-state index is -0.379. The van der Waals surface area contributed by atoms with Crippen LogP contribution in [0.25, 0.3) is 43.8 Å². The zero-order chi connectivity index (χ0) is 22.4. The van der Waals surface area contributed by atoms with Gasteiger partial charge >= 0.3 is 0 Å². The van der Waals surface area contributed by atoms with Crippen LogP contribution in [0.4, 0.5) is 0 Å². The van der Waals surface area contributed by atoms with Crippen LogP contribution in [0.2, 0.25) is 5.02 Å². The predicted molar refractivity (Wildman–Crippen MR) is 143 cm³/mol. The van der Waals surface area contributed by atoms with E-state index in [1.165, 1.54) is 66.1 Å². The van der Waals surface area contributed by atoms with Gasteiger partial charge in [-0.15, -0.1) is 0 Å². The van der Waals surface area contributed by atoms with Crippen molar-refractivity contribution in [3.63, 3.8) is 0 Å². The standard InChI is InChI=1S/C33H19Cl/c34-23-14-15-26-25-11-5-6-12-28(25)33(31(26)19-23)29-16-13-20-7-3-4-10-24(20)32(29)27-17-21-8-1-2-9-22(21)18-30(27)33/h1-19H. The van der Waals surface area contributed by atoms with E-state index in [0.29, 0.717) is 0 Å². The molecule has 0 bridgehead atoms. The maximum Gasteiger partial charge on any atom is 0.0726 e. The molecule has 6 aromatic rings. The lowest BCUT2D eigenvalue weighted by Crippen LogP contribution is -2.25. The van der Waals surface area contributed by atoms with E-state index in [2.05, 4.69) is 109 Å². The fourth-order valence-electron chi connectivity index (χ4n) is 6.61. The number of benzene rings is 6. The van der Waals surface area contributed by atoms with Crippen molar-refractivity contribution < 1.29 is 0 Å². The average Bonchev–Trinajstić information content (AvgIpc) is 3.33. The maximum atomic E-state index is 6.67. The third kappa shape index (κ3) is 2.11. The molecule has 2 aliphatic carbocycles. The molecule has 0 saturated carbocycles. The Kier molecular flexibility index (Phi) is 3.48. The Balaban J connectivity index is 1.65. The normalized spacial score (nSPS) is 17.1. The molecule has 158 valence electrons. The predicted octanol–water partition coefficient (Wildman–Crippen LogP) is 8.99. The molecule has 2 aliphatic rings. The van der Waals surface area contributed by atoms with Gasteiger partial charge in [-0.1, -0.05) is 103 Å².